The van der Waals surface area contributed by atoms with Gasteiger partial charge in [0.15, 0.2) is 0 Å². The summed E-state index contributed by atoms with van der Waals surface area (Å²) in [4.78, 5) is 4.19. The summed E-state index contributed by atoms with van der Waals surface area (Å²) in [5, 5.41) is 9.85. The molecule has 2 heterocycles. The van der Waals surface area contributed by atoms with E-state index in [2.05, 4.69) is 4.98 Å². The first-order valence-electron chi connectivity index (χ1n) is 4.23. The molecule has 0 saturated heterocycles. The second kappa shape index (κ2) is 2.57. The van der Waals surface area contributed by atoms with Gasteiger partial charge in [0.05, 0.1) is 5.60 Å². The van der Waals surface area contributed by atoms with Crippen LogP contribution < -0.4 is 0 Å². The van der Waals surface area contributed by atoms with Crippen molar-refractivity contribution in [3.05, 3.63) is 36.3 Å². The van der Waals surface area contributed by atoms with Crippen LogP contribution in [0.3, 0.4) is 0 Å². The van der Waals surface area contributed by atoms with Gasteiger partial charge in [0.2, 0.25) is 0 Å². The van der Waals surface area contributed by atoms with Crippen molar-refractivity contribution in [2.24, 2.45) is 0 Å². The van der Waals surface area contributed by atoms with Crippen molar-refractivity contribution in [1.29, 1.82) is 0 Å². The normalized spacial score (nSPS) is 12.2. The third-order valence-electron chi connectivity index (χ3n) is 2.08. The van der Waals surface area contributed by atoms with Crippen LogP contribution in [-0.4, -0.2) is 14.5 Å². The lowest BCUT2D eigenvalue weighted by molar-refractivity contribution is 0.0796. The van der Waals surface area contributed by atoms with Crippen LogP contribution in [0.25, 0.3) is 5.65 Å². The summed E-state index contributed by atoms with van der Waals surface area (Å²) in [6, 6.07) is 3.80. The molecule has 0 radical (unpaired) electrons. The van der Waals surface area contributed by atoms with E-state index >= 15 is 0 Å². The lowest BCUT2D eigenvalue weighted by Crippen LogP contribution is -2.16. The molecule has 13 heavy (non-hydrogen) atoms. The molecule has 68 valence electrons. The first kappa shape index (κ1) is 8.26. The minimum Gasteiger partial charge on any atom is -0.386 e. The average Bonchev–Trinajstić information content (AvgIpc) is 2.48. The minimum atomic E-state index is -0.839. The summed E-state index contributed by atoms with van der Waals surface area (Å²) < 4.78 is 1.90. The molecule has 0 amide bonds. The number of hydrogen-bond acceptors (Lipinski definition) is 2. The Balaban J connectivity index is 2.75. The molecular weight excluding hydrogens is 164 g/mol. The predicted octanol–water partition coefficient (Wildman–Crippen LogP) is 1.56. The highest BCUT2D eigenvalue weighted by molar-refractivity contribution is 5.50. The Labute approximate surface area is 76.7 Å². The fourth-order valence-corrected chi connectivity index (χ4v) is 1.43. The van der Waals surface area contributed by atoms with Crippen molar-refractivity contribution in [2.75, 3.05) is 0 Å². The zero-order valence-corrected chi connectivity index (χ0v) is 7.73. The maximum atomic E-state index is 9.85. The highest BCUT2D eigenvalue weighted by atomic mass is 16.3. The average molecular weight is 176 g/mol. The molecule has 0 fully saturated rings. The molecule has 0 aliphatic rings. The Bertz CT molecular complexity index is 426. The molecule has 0 aromatic carbocycles. The molecule has 0 aliphatic heterocycles. The van der Waals surface area contributed by atoms with Crippen molar-refractivity contribution in [2.45, 2.75) is 19.4 Å². The second-order valence-corrected chi connectivity index (χ2v) is 3.64. The van der Waals surface area contributed by atoms with Crippen molar-refractivity contribution >= 4 is 5.65 Å². The molecule has 0 bridgehead atoms. The van der Waals surface area contributed by atoms with E-state index in [0.29, 0.717) is 0 Å². The van der Waals surface area contributed by atoms with Gasteiger partial charge in [-0.3, -0.25) is 0 Å². The lowest BCUT2D eigenvalue weighted by atomic mass is 10.00. The molecule has 0 spiro atoms. The minimum absolute atomic E-state index is 0.815. The van der Waals surface area contributed by atoms with E-state index in [0.717, 1.165) is 11.2 Å². The monoisotopic (exact) mass is 176 g/mol. The lowest BCUT2D eigenvalue weighted by Gasteiger charge is -2.17. The third kappa shape index (κ3) is 1.31. The summed E-state index contributed by atoms with van der Waals surface area (Å²) in [6.45, 7) is 3.52. The number of aromatic nitrogens is 2. The van der Waals surface area contributed by atoms with Gasteiger partial charge in [-0.25, -0.2) is 4.98 Å². The maximum Gasteiger partial charge on any atom is 0.142 e. The summed E-state index contributed by atoms with van der Waals surface area (Å²) in [7, 11) is 0. The van der Waals surface area contributed by atoms with Crippen LogP contribution >= 0.6 is 0 Å². The number of nitrogens with zero attached hydrogens (tertiary/aromatic N) is 2. The van der Waals surface area contributed by atoms with Crippen LogP contribution in [-0.2, 0) is 5.60 Å². The molecule has 3 nitrogen and oxygen atoms in total. The largest absolute Gasteiger partial charge is 0.386 e. The summed E-state index contributed by atoms with van der Waals surface area (Å²) >= 11 is 0. The Morgan fingerprint density at radius 3 is 2.85 bits per heavy atom. The Kier molecular flexibility index (Phi) is 1.63. The van der Waals surface area contributed by atoms with Gasteiger partial charge in [0, 0.05) is 24.2 Å². The van der Waals surface area contributed by atoms with E-state index in [4.69, 9.17) is 0 Å². The van der Waals surface area contributed by atoms with Gasteiger partial charge in [-0.1, -0.05) is 6.07 Å². The molecule has 1 N–H and O–H groups in total. The second-order valence-electron chi connectivity index (χ2n) is 3.64. The molecule has 2 aromatic rings. The van der Waals surface area contributed by atoms with E-state index in [-0.39, 0.29) is 0 Å². The number of pyridine rings is 1. The zero-order chi connectivity index (χ0) is 9.47. The van der Waals surface area contributed by atoms with E-state index in [1.807, 2.05) is 28.9 Å². The van der Waals surface area contributed by atoms with Crippen LogP contribution in [0.15, 0.2) is 30.7 Å². The van der Waals surface area contributed by atoms with Gasteiger partial charge < -0.3 is 9.51 Å². The highest BCUT2D eigenvalue weighted by Crippen LogP contribution is 2.22. The fourth-order valence-electron chi connectivity index (χ4n) is 1.43. The molecular formula is C10H12N2O. The highest BCUT2D eigenvalue weighted by Gasteiger charge is 2.19. The number of rotatable bonds is 1. The van der Waals surface area contributed by atoms with Gasteiger partial charge in [0.1, 0.15) is 5.65 Å². The SMILES string of the molecule is CC(C)(O)c1cccn2ccnc12. The Morgan fingerprint density at radius 1 is 1.38 bits per heavy atom. The molecule has 3 heteroatoms. The van der Waals surface area contributed by atoms with E-state index in [1.165, 1.54) is 0 Å². The van der Waals surface area contributed by atoms with Crippen molar-refractivity contribution in [1.82, 2.24) is 9.38 Å². The van der Waals surface area contributed by atoms with E-state index in [1.54, 1.807) is 20.0 Å². The third-order valence-corrected chi connectivity index (χ3v) is 2.08. The van der Waals surface area contributed by atoms with Crippen LogP contribution in [0, 0.1) is 0 Å². The number of imidazole rings is 1. The first-order valence-corrected chi connectivity index (χ1v) is 4.23. The first-order chi connectivity index (χ1) is 6.09. The summed E-state index contributed by atoms with van der Waals surface area (Å²) in [5.74, 6) is 0. The van der Waals surface area contributed by atoms with Crippen LogP contribution in [0.2, 0.25) is 0 Å². The quantitative estimate of drug-likeness (QED) is 0.716. The topological polar surface area (TPSA) is 37.5 Å². The van der Waals surface area contributed by atoms with Gasteiger partial charge >= 0.3 is 0 Å². The molecule has 2 rings (SSSR count). The van der Waals surface area contributed by atoms with Crippen molar-refractivity contribution in [3.8, 4) is 0 Å². The predicted molar refractivity (Wildman–Crippen MR) is 50.4 cm³/mol. The molecule has 0 atom stereocenters. The van der Waals surface area contributed by atoms with Crippen LogP contribution in [0.1, 0.15) is 19.4 Å². The number of aliphatic hydroxyl groups is 1. The van der Waals surface area contributed by atoms with E-state index in [9.17, 15) is 5.11 Å². The van der Waals surface area contributed by atoms with Gasteiger partial charge in [-0.15, -0.1) is 0 Å². The van der Waals surface area contributed by atoms with Gasteiger partial charge in [-0.05, 0) is 19.9 Å². The van der Waals surface area contributed by atoms with Crippen LogP contribution in [0.4, 0.5) is 0 Å². The fraction of sp³-hybridized carbons (Fsp3) is 0.300. The summed E-state index contributed by atoms with van der Waals surface area (Å²) in [5.41, 5.74) is 0.823. The Morgan fingerprint density at radius 2 is 2.15 bits per heavy atom. The van der Waals surface area contributed by atoms with Crippen LogP contribution in [0.5, 0.6) is 0 Å². The van der Waals surface area contributed by atoms with E-state index < -0.39 is 5.60 Å². The smallest absolute Gasteiger partial charge is 0.142 e. The van der Waals surface area contributed by atoms with Gasteiger partial charge in [-0.2, -0.15) is 0 Å². The molecule has 2 aromatic heterocycles. The molecule has 0 aliphatic carbocycles. The molecule has 0 unspecified atom stereocenters. The number of fused-ring (bicyclic) bond motifs is 1. The van der Waals surface area contributed by atoms with Gasteiger partial charge in [0.25, 0.3) is 0 Å². The standard InChI is InChI=1S/C10H12N2O/c1-10(2,13)8-4-3-6-12-7-5-11-9(8)12/h3-7,13H,1-2H3. The maximum absolute atomic E-state index is 9.85. The Hall–Kier alpha value is -1.35. The van der Waals surface area contributed by atoms with Crippen molar-refractivity contribution in [3.63, 3.8) is 0 Å². The molecule has 0 saturated carbocycles. The summed E-state index contributed by atoms with van der Waals surface area (Å²) in [6.07, 6.45) is 5.51. The van der Waals surface area contributed by atoms with Crippen molar-refractivity contribution < 1.29 is 5.11 Å². The number of hydrogen-bond donors (Lipinski definition) is 1. The zero-order valence-electron chi connectivity index (χ0n) is 7.73.